The fourth-order valence-electron chi connectivity index (χ4n) is 4.08. The fraction of sp³-hybridized carbons (Fsp3) is 0.250. The molecule has 0 radical (unpaired) electrons. The summed E-state index contributed by atoms with van der Waals surface area (Å²) in [6.07, 6.45) is 0. The van der Waals surface area contributed by atoms with Gasteiger partial charge in [-0.15, -0.1) is 0 Å². The molecule has 0 saturated carbocycles. The van der Waals surface area contributed by atoms with E-state index in [0.29, 0.717) is 11.8 Å². The molecule has 0 bridgehead atoms. The molecule has 0 aliphatic rings. The van der Waals surface area contributed by atoms with Crippen LogP contribution in [0, 0.1) is 5.92 Å². The third-order valence-electron chi connectivity index (χ3n) is 5.76. The van der Waals surface area contributed by atoms with E-state index in [-0.39, 0.29) is 0 Å². The molecule has 0 fully saturated rings. The van der Waals surface area contributed by atoms with Gasteiger partial charge < -0.3 is 0 Å². The molecule has 2 nitrogen and oxygen atoms in total. The predicted molar refractivity (Wildman–Crippen MR) is 126 cm³/mol. The number of benzene rings is 3. The smallest absolute Gasteiger partial charge is 0.0705 e. The van der Waals surface area contributed by atoms with E-state index in [2.05, 4.69) is 116 Å². The van der Waals surface area contributed by atoms with Crippen LogP contribution in [-0.2, 0) is 13.1 Å². The third-order valence-corrected chi connectivity index (χ3v) is 5.76. The minimum atomic E-state index is 0.377. The highest BCUT2D eigenvalue weighted by atomic mass is 15.1. The summed E-state index contributed by atoms with van der Waals surface area (Å²) in [7, 11) is 0. The topological polar surface area (TPSA) is 16.1 Å². The molecular formula is C28H30N2. The molecule has 0 aliphatic carbocycles. The van der Waals surface area contributed by atoms with E-state index in [0.717, 1.165) is 25.2 Å². The molecule has 2 heteroatoms. The zero-order valence-corrected chi connectivity index (χ0v) is 17.9. The maximum Gasteiger partial charge on any atom is 0.0705 e. The number of para-hydroxylation sites is 1. The van der Waals surface area contributed by atoms with Crippen LogP contribution in [0.5, 0.6) is 0 Å². The van der Waals surface area contributed by atoms with E-state index >= 15 is 0 Å². The van der Waals surface area contributed by atoms with Gasteiger partial charge in [0.25, 0.3) is 0 Å². The molecule has 0 spiro atoms. The van der Waals surface area contributed by atoms with Crippen LogP contribution >= 0.6 is 0 Å². The zero-order valence-electron chi connectivity index (χ0n) is 17.9. The molecule has 0 aliphatic heterocycles. The summed E-state index contributed by atoms with van der Waals surface area (Å²) in [6, 6.07) is 34.4. The normalized spacial score (nSPS) is 12.5. The molecule has 1 heterocycles. The third kappa shape index (κ3) is 5.14. The lowest BCUT2D eigenvalue weighted by atomic mass is 9.90. The number of rotatable bonds is 8. The number of aromatic nitrogens is 1. The van der Waals surface area contributed by atoms with Crippen LogP contribution < -0.4 is 0 Å². The van der Waals surface area contributed by atoms with Crippen molar-refractivity contribution in [1.82, 2.24) is 9.88 Å². The van der Waals surface area contributed by atoms with Crippen molar-refractivity contribution < 1.29 is 0 Å². The molecule has 0 amide bonds. The second kappa shape index (κ2) is 9.69. The highest BCUT2D eigenvalue weighted by Crippen LogP contribution is 2.27. The zero-order chi connectivity index (χ0) is 20.8. The van der Waals surface area contributed by atoms with Gasteiger partial charge in [-0.2, -0.15) is 0 Å². The van der Waals surface area contributed by atoms with E-state index in [1.165, 1.54) is 22.2 Å². The van der Waals surface area contributed by atoms with Gasteiger partial charge in [0.1, 0.15) is 0 Å². The van der Waals surface area contributed by atoms with Gasteiger partial charge in [-0.05, 0) is 29.2 Å². The maximum absolute atomic E-state index is 5.04. The monoisotopic (exact) mass is 394 g/mol. The van der Waals surface area contributed by atoms with Crippen molar-refractivity contribution in [3.8, 4) is 0 Å². The first-order chi connectivity index (χ1) is 14.7. The first-order valence-electron chi connectivity index (χ1n) is 10.8. The second-order valence-electron chi connectivity index (χ2n) is 8.42. The summed E-state index contributed by atoms with van der Waals surface area (Å²) >= 11 is 0. The highest BCUT2D eigenvalue weighted by Gasteiger charge is 2.21. The Morgan fingerprint density at radius 2 is 1.23 bits per heavy atom. The van der Waals surface area contributed by atoms with Gasteiger partial charge in [0.05, 0.1) is 5.52 Å². The van der Waals surface area contributed by atoms with Gasteiger partial charge >= 0.3 is 0 Å². The second-order valence-corrected chi connectivity index (χ2v) is 8.42. The van der Waals surface area contributed by atoms with Gasteiger partial charge in [-0.25, -0.2) is 0 Å². The summed E-state index contributed by atoms with van der Waals surface area (Å²) < 4.78 is 0. The Hall–Kier alpha value is -2.97. The Morgan fingerprint density at radius 3 is 1.83 bits per heavy atom. The predicted octanol–water partition coefficient (Wildman–Crippen LogP) is 6.68. The largest absolute Gasteiger partial charge is 0.294 e. The standard InChI is InChI=1S/C28H30N2/c1-22(2)26(28-18-17-25-15-9-10-16-27(25)29-28)21-30(19-23-11-5-3-6-12-23)20-24-13-7-4-8-14-24/h3-18,22,26H,19-21H2,1-2H3. The van der Waals surface area contributed by atoms with Crippen molar-refractivity contribution in [2.24, 2.45) is 5.92 Å². The van der Waals surface area contributed by atoms with Crippen LogP contribution in [0.4, 0.5) is 0 Å². The minimum Gasteiger partial charge on any atom is -0.294 e. The first-order valence-corrected chi connectivity index (χ1v) is 10.8. The molecule has 30 heavy (non-hydrogen) atoms. The van der Waals surface area contributed by atoms with Crippen molar-refractivity contribution >= 4 is 10.9 Å². The molecule has 1 unspecified atom stereocenters. The Kier molecular flexibility index (Phi) is 6.56. The van der Waals surface area contributed by atoms with Crippen molar-refractivity contribution in [3.05, 3.63) is 114 Å². The first kappa shape index (κ1) is 20.3. The van der Waals surface area contributed by atoms with Crippen LogP contribution in [-0.4, -0.2) is 16.4 Å². The minimum absolute atomic E-state index is 0.377. The van der Waals surface area contributed by atoms with Crippen molar-refractivity contribution in [2.45, 2.75) is 32.9 Å². The van der Waals surface area contributed by atoms with Crippen LogP contribution in [0.3, 0.4) is 0 Å². The quantitative estimate of drug-likeness (QED) is 0.331. The Bertz CT molecular complexity index is 1020. The van der Waals surface area contributed by atoms with Gasteiger partial charge in [0.15, 0.2) is 0 Å². The average molecular weight is 395 g/mol. The van der Waals surface area contributed by atoms with Crippen molar-refractivity contribution in [2.75, 3.05) is 6.54 Å². The lowest BCUT2D eigenvalue weighted by Gasteiger charge is -2.30. The van der Waals surface area contributed by atoms with Crippen molar-refractivity contribution in [1.29, 1.82) is 0 Å². The number of nitrogens with zero attached hydrogens (tertiary/aromatic N) is 2. The molecule has 0 saturated heterocycles. The Balaban J connectivity index is 1.61. The Morgan fingerprint density at radius 1 is 0.667 bits per heavy atom. The highest BCUT2D eigenvalue weighted by molar-refractivity contribution is 5.78. The molecule has 3 aromatic carbocycles. The van der Waals surface area contributed by atoms with Gasteiger partial charge in [-0.3, -0.25) is 9.88 Å². The van der Waals surface area contributed by atoms with E-state index in [4.69, 9.17) is 4.98 Å². The van der Waals surface area contributed by atoms with Crippen LogP contribution in [0.1, 0.15) is 36.6 Å². The lowest BCUT2D eigenvalue weighted by Crippen LogP contribution is -2.30. The van der Waals surface area contributed by atoms with Gasteiger partial charge in [-0.1, -0.05) is 98.8 Å². The summed E-state index contributed by atoms with van der Waals surface area (Å²) in [5, 5.41) is 1.20. The van der Waals surface area contributed by atoms with Crippen LogP contribution in [0.25, 0.3) is 10.9 Å². The summed E-state index contributed by atoms with van der Waals surface area (Å²) in [5.41, 5.74) is 4.97. The summed E-state index contributed by atoms with van der Waals surface area (Å²) in [5.74, 6) is 0.884. The Labute approximate surface area is 180 Å². The summed E-state index contributed by atoms with van der Waals surface area (Å²) in [6.45, 7) is 7.47. The number of pyridine rings is 1. The molecule has 152 valence electrons. The van der Waals surface area contributed by atoms with E-state index < -0.39 is 0 Å². The van der Waals surface area contributed by atoms with E-state index in [9.17, 15) is 0 Å². The molecule has 4 aromatic rings. The van der Waals surface area contributed by atoms with E-state index in [1.807, 2.05) is 0 Å². The molecule has 4 rings (SSSR count). The molecule has 1 atom stereocenters. The SMILES string of the molecule is CC(C)C(CN(Cc1ccccc1)Cc1ccccc1)c1ccc2ccccc2n1. The maximum atomic E-state index is 5.04. The number of hydrogen-bond acceptors (Lipinski definition) is 2. The summed E-state index contributed by atoms with van der Waals surface area (Å²) in [4.78, 5) is 7.60. The molecule has 0 N–H and O–H groups in total. The average Bonchev–Trinajstić information content (AvgIpc) is 2.78. The lowest BCUT2D eigenvalue weighted by molar-refractivity contribution is 0.219. The molecule has 1 aromatic heterocycles. The van der Waals surface area contributed by atoms with Gasteiger partial charge in [0.2, 0.25) is 0 Å². The van der Waals surface area contributed by atoms with Crippen LogP contribution in [0.2, 0.25) is 0 Å². The van der Waals surface area contributed by atoms with E-state index in [1.54, 1.807) is 0 Å². The van der Waals surface area contributed by atoms with Crippen molar-refractivity contribution in [3.63, 3.8) is 0 Å². The van der Waals surface area contributed by atoms with Crippen LogP contribution in [0.15, 0.2) is 97.1 Å². The van der Waals surface area contributed by atoms with Gasteiger partial charge in [0, 0.05) is 36.6 Å². The number of fused-ring (bicyclic) bond motifs is 1. The molecular weight excluding hydrogens is 364 g/mol. The number of hydrogen-bond donors (Lipinski definition) is 0. The fourth-order valence-corrected chi connectivity index (χ4v) is 4.08.